The summed E-state index contributed by atoms with van der Waals surface area (Å²) < 4.78 is 5.25. The highest BCUT2D eigenvalue weighted by atomic mass is 35.5. The molecule has 0 bridgehead atoms. The van der Waals surface area contributed by atoms with Crippen molar-refractivity contribution in [1.82, 2.24) is 0 Å². The first-order valence-electron chi connectivity index (χ1n) is 8.53. The second kappa shape index (κ2) is 7.62. The van der Waals surface area contributed by atoms with Gasteiger partial charge in [-0.2, -0.15) is 5.06 Å². The maximum Gasteiger partial charge on any atom is 0.440 e. The van der Waals surface area contributed by atoms with Gasteiger partial charge in [0, 0.05) is 0 Å². The minimum atomic E-state index is -0.530. The van der Waals surface area contributed by atoms with E-state index in [2.05, 4.69) is 0 Å². The van der Waals surface area contributed by atoms with Gasteiger partial charge in [-0.05, 0) is 48.0 Å². The van der Waals surface area contributed by atoms with E-state index in [-0.39, 0.29) is 0 Å². The maximum atomic E-state index is 12.8. The molecule has 0 saturated carbocycles. The SMILES string of the molecule is COc1ccc([C@@H]2N(c3ccccc3)OC(=O)N2c2ccc(Cl)c(Cl)c2)cc1. The van der Waals surface area contributed by atoms with Crippen LogP contribution < -0.4 is 14.7 Å². The second-order valence-electron chi connectivity index (χ2n) is 6.13. The van der Waals surface area contributed by atoms with E-state index in [0.717, 1.165) is 17.0 Å². The zero-order chi connectivity index (χ0) is 19.7. The third kappa shape index (κ3) is 3.35. The molecule has 1 heterocycles. The molecule has 5 nitrogen and oxygen atoms in total. The first-order chi connectivity index (χ1) is 13.6. The Morgan fingerprint density at radius 2 is 1.61 bits per heavy atom. The second-order valence-corrected chi connectivity index (χ2v) is 6.95. The van der Waals surface area contributed by atoms with Gasteiger partial charge in [0.15, 0.2) is 6.17 Å². The number of amides is 1. The van der Waals surface area contributed by atoms with Crippen LogP contribution in [-0.4, -0.2) is 13.2 Å². The number of hydroxylamine groups is 1. The van der Waals surface area contributed by atoms with Gasteiger partial charge < -0.3 is 9.57 Å². The molecule has 0 aromatic heterocycles. The predicted molar refractivity (Wildman–Crippen MR) is 110 cm³/mol. The quantitative estimate of drug-likeness (QED) is 0.518. The summed E-state index contributed by atoms with van der Waals surface area (Å²) >= 11 is 12.2. The summed E-state index contributed by atoms with van der Waals surface area (Å²) in [7, 11) is 1.61. The Bertz CT molecular complexity index is 996. The normalized spacial score (nSPS) is 16.2. The molecule has 0 spiro atoms. The highest BCUT2D eigenvalue weighted by molar-refractivity contribution is 6.42. The van der Waals surface area contributed by atoms with Crippen LogP contribution in [0.3, 0.4) is 0 Å². The zero-order valence-corrected chi connectivity index (χ0v) is 16.4. The number of halogens is 2. The van der Waals surface area contributed by atoms with E-state index in [1.165, 1.54) is 4.90 Å². The van der Waals surface area contributed by atoms with Crippen molar-refractivity contribution >= 4 is 40.7 Å². The summed E-state index contributed by atoms with van der Waals surface area (Å²) in [5.74, 6) is 0.723. The van der Waals surface area contributed by atoms with Crippen LogP contribution in [0.4, 0.5) is 16.2 Å². The molecule has 0 unspecified atom stereocenters. The third-order valence-corrected chi connectivity index (χ3v) is 5.18. The number of anilines is 2. The molecule has 1 fully saturated rings. The molecular formula is C21H16Cl2N2O3. The first-order valence-corrected chi connectivity index (χ1v) is 9.28. The number of nitrogens with zero attached hydrogens (tertiary/aromatic N) is 2. The van der Waals surface area contributed by atoms with Crippen molar-refractivity contribution in [2.45, 2.75) is 6.17 Å². The van der Waals surface area contributed by atoms with Crippen molar-refractivity contribution in [2.24, 2.45) is 0 Å². The standard InChI is InChI=1S/C21H16Cl2N2O3/c1-27-17-10-7-14(8-11-17)20-24(16-9-12-18(22)19(23)13-16)21(26)28-25(20)15-5-3-2-4-6-15/h2-13,20H,1H3/t20-/m0/s1. The van der Waals surface area contributed by atoms with Crippen LogP contribution in [0.5, 0.6) is 5.75 Å². The summed E-state index contributed by atoms with van der Waals surface area (Å²) in [5, 5.41) is 2.35. The average molecular weight is 415 g/mol. The maximum absolute atomic E-state index is 12.8. The Morgan fingerprint density at radius 1 is 0.893 bits per heavy atom. The molecule has 7 heteroatoms. The van der Waals surface area contributed by atoms with E-state index in [0.29, 0.717) is 15.7 Å². The molecule has 1 saturated heterocycles. The van der Waals surface area contributed by atoms with Gasteiger partial charge in [-0.1, -0.05) is 53.5 Å². The van der Waals surface area contributed by atoms with Crippen LogP contribution in [0.25, 0.3) is 0 Å². The molecule has 3 aromatic rings. The summed E-state index contributed by atoms with van der Waals surface area (Å²) in [6.45, 7) is 0. The van der Waals surface area contributed by atoms with Crippen molar-refractivity contribution in [3.63, 3.8) is 0 Å². The Hall–Kier alpha value is -2.89. The highest BCUT2D eigenvalue weighted by Gasteiger charge is 2.43. The van der Waals surface area contributed by atoms with Crippen LogP contribution in [0.15, 0.2) is 72.8 Å². The zero-order valence-electron chi connectivity index (χ0n) is 14.9. The lowest BCUT2D eigenvalue weighted by Gasteiger charge is -2.27. The van der Waals surface area contributed by atoms with Gasteiger partial charge >= 0.3 is 6.09 Å². The van der Waals surface area contributed by atoms with E-state index < -0.39 is 12.3 Å². The smallest absolute Gasteiger partial charge is 0.440 e. The third-order valence-electron chi connectivity index (χ3n) is 4.45. The number of benzene rings is 3. The fourth-order valence-corrected chi connectivity index (χ4v) is 3.39. The van der Waals surface area contributed by atoms with E-state index in [9.17, 15) is 4.79 Å². The van der Waals surface area contributed by atoms with Gasteiger partial charge in [0.2, 0.25) is 0 Å². The molecule has 4 rings (SSSR count). The van der Waals surface area contributed by atoms with E-state index in [1.54, 1.807) is 30.4 Å². The van der Waals surface area contributed by atoms with Gasteiger partial charge in [-0.25, -0.2) is 9.69 Å². The van der Waals surface area contributed by atoms with Crippen LogP contribution >= 0.6 is 23.2 Å². The van der Waals surface area contributed by atoms with Crippen molar-refractivity contribution in [1.29, 1.82) is 0 Å². The van der Waals surface area contributed by atoms with E-state index in [1.807, 2.05) is 54.6 Å². The molecule has 1 aliphatic rings. The number of para-hydroxylation sites is 1. The van der Waals surface area contributed by atoms with Gasteiger partial charge in [-0.15, -0.1) is 0 Å². The van der Waals surface area contributed by atoms with Crippen LogP contribution in [0.1, 0.15) is 11.7 Å². The average Bonchev–Trinajstić information content (AvgIpc) is 3.08. The first kappa shape index (κ1) is 18.5. The molecule has 1 amide bonds. The number of methoxy groups -OCH3 is 1. The molecule has 1 atom stereocenters. The van der Waals surface area contributed by atoms with Gasteiger partial charge in [0.1, 0.15) is 5.75 Å². The molecule has 3 aromatic carbocycles. The number of hydrogen-bond acceptors (Lipinski definition) is 4. The van der Waals surface area contributed by atoms with Crippen LogP contribution in [-0.2, 0) is 4.84 Å². The Morgan fingerprint density at radius 3 is 2.25 bits per heavy atom. The van der Waals surface area contributed by atoms with Crippen molar-refractivity contribution < 1.29 is 14.4 Å². The fourth-order valence-electron chi connectivity index (χ4n) is 3.09. The van der Waals surface area contributed by atoms with Crippen LogP contribution in [0, 0.1) is 0 Å². The Kier molecular flexibility index (Phi) is 5.03. The van der Waals surface area contributed by atoms with Crippen molar-refractivity contribution in [2.75, 3.05) is 17.1 Å². The predicted octanol–water partition coefficient (Wildman–Crippen LogP) is 6.08. The largest absolute Gasteiger partial charge is 0.497 e. The Labute approximate surface area is 172 Å². The van der Waals surface area contributed by atoms with E-state index >= 15 is 0 Å². The molecule has 0 radical (unpaired) electrons. The van der Waals surface area contributed by atoms with Gasteiger partial charge in [0.25, 0.3) is 0 Å². The number of ether oxygens (including phenoxy) is 1. The van der Waals surface area contributed by atoms with Gasteiger partial charge in [-0.3, -0.25) is 0 Å². The lowest BCUT2D eigenvalue weighted by Crippen LogP contribution is -2.31. The van der Waals surface area contributed by atoms with Crippen LogP contribution in [0.2, 0.25) is 10.0 Å². The summed E-state index contributed by atoms with van der Waals surface area (Å²) in [5.41, 5.74) is 2.18. The number of carbonyl (C=O) groups is 1. The molecule has 0 N–H and O–H groups in total. The summed E-state index contributed by atoms with van der Waals surface area (Å²) in [4.78, 5) is 20.0. The highest BCUT2D eigenvalue weighted by Crippen LogP contribution is 2.41. The minimum absolute atomic E-state index is 0.360. The molecule has 1 aliphatic heterocycles. The molecular weight excluding hydrogens is 399 g/mol. The minimum Gasteiger partial charge on any atom is -0.497 e. The lowest BCUT2D eigenvalue weighted by molar-refractivity contribution is 0.164. The van der Waals surface area contributed by atoms with E-state index in [4.69, 9.17) is 32.8 Å². The topological polar surface area (TPSA) is 42.0 Å². The number of hydrogen-bond donors (Lipinski definition) is 0. The van der Waals surface area contributed by atoms with Crippen molar-refractivity contribution in [3.8, 4) is 5.75 Å². The summed E-state index contributed by atoms with van der Waals surface area (Å²) in [6.07, 6.45) is -1.04. The lowest BCUT2D eigenvalue weighted by atomic mass is 10.1. The number of carbonyl (C=O) groups excluding carboxylic acids is 1. The fraction of sp³-hybridized carbons (Fsp3) is 0.0952. The molecule has 0 aliphatic carbocycles. The molecule has 28 heavy (non-hydrogen) atoms. The molecule has 142 valence electrons. The summed E-state index contributed by atoms with van der Waals surface area (Å²) in [6, 6.07) is 21.9. The van der Waals surface area contributed by atoms with Crippen molar-refractivity contribution in [3.05, 3.63) is 88.4 Å². The Balaban J connectivity index is 1.82. The van der Waals surface area contributed by atoms with Gasteiger partial charge in [0.05, 0.1) is 28.5 Å². The number of rotatable bonds is 4. The monoisotopic (exact) mass is 414 g/mol.